The number of oxazole rings is 1. The van der Waals surface area contributed by atoms with Crippen LogP contribution in [0, 0.1) is 11.8 Å². The lowest BCUT2D eigenvalue weighted by Gasteiger charge is -2.50. The molecule has 1 fully saturated rings. The second-order valence-corrected chi connectivity index (χ2v) is 11.5. The largest absolute Gasteiger partial charge is 0.508 e. The van der Waals surface area contributed by atoms with Gasteiger partial charge in [0.1, 0.15) is 28.4 Å². The van der Waals surface area contributed by atoms with Crippen molar-refractivity contribution in [2.75, 3.05) is 38.8 Å². The fraction of sp³-hybridized carbons (Fsp3) is 0.423. The van der Waals surface area contributed by atoms with Crippen LogP contribution in [0.1, 0.15) is 17.5 Å². The predicted molar refractivity (Wildman–Crippen MR) is 143 cm³/mol. The Kier molecular flexibility index (Phi) is 6.47. The molecule has 40 heavy (non-hydrogen) atoms. The third-order valence-electron chi connectivity index (χ3n) is 7.86. The molecule has 1 aromatic carbocycles. The third-order valence-corrected chi connectivity index (χ3v) is 8.67. The van der Waals surface area contributed by atoms with E-state index in [1.165, 1.54) is 4.90 Å². The van der Waals surface area contributed by atoms with Gasteiger partial charge in [0.05, 0.1) is 11.6 Å². The fourth-order valence-corrected chi connectivity index (χ4v) is 6.80. The molecule has 3 aliphatic carbocycles. The summed E-state index contributed by atoms with van der Waals surface area (Å²) >= 11 is 0.849. The molecule has 4 atom stereocenters. The van der Waals surface area contributed by atoms with Gasteiger partial charge in [0.2, 0.25) is 5.78 Å². The summed E-state index contributed by atoms with van der Waals surface area (Å²) in [7, 11) is 6.69. The van der Waals surface area contributed by atoms with Crippen LogP contribution in [0.2, 0.25) is 0 Å². The molecule has 212 valence electrons. The van der Waals surface area contributed by atoms with Gasteiger partial charge >= 0.3 is 5.97 Å². The van der Waals surface area contributed by atoms with Crippen LogP contribution in [0.15, 0.2) is 32.6 Å². The zero-order chi connectivity index (χ0) is 29.4. The first kappa shape index (κ1) is 27.7. The van der Waals surface area contributed by atoms with E-state index in [2.05, 4.69) is 4.98 Å². The molecule has 0 radical (unpaired) electrons. The number of carbonyl (C=O) groups is 4. The predicted octanol–water partition coefficient (Wildman–Crippen LogP) is 0.642. The number of ketones is 2. The summed E-state index contributed by atoms with van der Waals surface area (Å²) in [6.45, 7) is 0. The van der Waals surface area contributed by atoms with Gasteiger partial charge in [0, 0.05) is 31.3 Å². The number of fused-ring (bicyclic) bond motifs is 5. The highest BCUT2D eigenvalue weighted by molar-refractivity contribution is 7.99. The van der Waals surface area contributed by atoms with Gasteiger partial charge < -0.3 is 35.5 Å². The topological polar surface area (TPSA) is 208 Å². The second-order valence-electron chi connectivity index (χ2n) is 10.6. The van der Waals surface area contributed by atoms with Crippen LogP contribution in [0.3, 0.4) is 0 Å². The van der Waals surface area contributed by atoms with Crippen LogP contribution in [-0.2, 0) is 25.6 Å². The number of primary amides is 1. The van der Waals surface area contributed by atoms with E-state index < -0.39 is 64.0 Å². The Labute approximate surface area is 231 Å². The fourth-order valence-electron chi connectivity index (χ4n) is 6.24. The lowest BCUT2D eigenvalue weighted by Crippen LogP contribution is -2.65. The van der Waals surface area contributed by atoms with E-state index >= 15 is 0 Å². The molecule has 1 aromatic heterocycles. The Balaban J connectivity index is 1.75. The normalized spacial score (nSPS) is 26.2. The highest BCUT2D eigenvalue weighted by Gasteiger charge is 2.64. The Morgan fingerprint density at radius 1 is 1.23 bits per heavy atom. The third kappa shape index (κ3) is 3.81. The summed E-state index contributed by atoms with van der Waals surface area (Å²) in [5.74, 6) is -7.91. The van der Waals surface area contributed by atoms with Crippen molar-refractivity contribution in [1.82, 2.24) is 9.88 Å². The number of aromatic nitrogens is 1. The molecule has 0 unspecified atom stereocenters. The van der Waals surface area contributed by atoms with Crippen LogP contribution < -0.4 is 10.6 Å². The van der Waals surface area contributed by atoms with E-state index in [9.17, 15) is 34.5 Å². The van der Waals surface area contributed by atoms with Crippen molar-refractivity contribution >= 4 is 57.8 Å². The van der Waals surface area contributed by atoms with E-state index in [4.69, 9.17) is 15.3 Å². The molecule has 13 nitrogen and oxygen atoms in total. The summed E-state index contributed by atoms with van der Waals surface area (Å²) < 4.78 is 5.83. The zero-order valence-corrected chi connectivity index (χ0v) is 22.9. The van der Waals surface area contributed by atoms with Crippen LogP contribution in [0.5, 0.6) is 0 Å². The van der Waals surface area contributed by atoms with Gasteiger partial charge in [-0.15, -0.1) is 0 Å². The molecule has 0 spiro atoms. The van der Waals surface area contributed by atoms with Crippen molar-refractivity contribution in [1.29, 1.82) is 0 Å². The van der Waals surface area contributed by atoms with Crippen molar-refractivity contribution in [3.05, 3.63) is 34.1 Å². The summed E-state index contributed by atoms with van der Waals surface area (Å²) in [6, 6.07) is 0.596. The Hall–Kier alpha value is -3.88. The van der Waals surface area contributed by atoms with E-state index in [0.29, 0.717) is 16.8 Å². The minimum atomic E-state index is -2.69. The number of thioether (sulfide) groups is 1. The van der Waals surface area contributed by atoms with Crippen LogP contribution in [0.25, 0.3) is 16.9 Å². The van der Waals surface area contributed by atoms with Crippen molar-refractivity contribution in [3.63, 3.8) is 0 Å². The number of hydrogen-bond acceptors (Lipinski definition) is 12. The quantitative estimate of drug-likeness (QED) is 0.238. The first-order chi connectivity index (χ1) is 18.7. The number of carboxylic acids is 1. The summed E-state index contributed by atoms with van der Waals surface area (Å²) in [4.78, 5) is 58.1. The summed E-state index contributed by atoms with van der Waals surface area (Å²) in [6.07, 6.45) is 0.239. The maximum Gasteiger partial charge on any atom is 0.314 e. The Morgan fingerprint density at radius 3 is 2.48 bits per heavy atom. The van der Waals surface area contributed by atoms with Gasteiger partial charge in [0.25, 0.3) is 11.1 Å². The molecule has 1 amide bonds. The lowest BCUT2D eigenvalue weighted by molar-refractivity contribution is -0.153. The van der Waals surface area contributed by atoms with Crippen LogP contribution >= 0.6 is 11.8 Å². The SMILES string of the molecule is CN(C)c1cc2nc(SCC(=O)O)oc2c2c1C[C@H]1C[C@H]3[C@H](N(C)C)C(=O)C(C(N)=O)=C(O)[C@@]3(O)C(=O)C1=C2O. The minimum Gasteiger partial charge on any atom is -0.508 e. The number of hydrogen-bond donors (Lipinski definition) is 5. The van der Waals surface area contributed by atoms with Gasteiger partial charge in [-0.1, -0.05) is 11.8 Å². The highest BCUT2D eigenvalue weighted by atomic mass is 32.2. The number of aliphatic hydroxyl groups is 3. The number of carbonyl (C=O) groups excluding carboxylic acids is 3. The van der Waals surface area contributed by atoms with Gasteiger partial charge in [-0.25, -0.2) is 4.98 Å². The number of carboxylic acid groups (broad SMARTS) is 1. The van der Waals surface area contributed by atoms with Gasteiger partial charge in [-0.2, -0.15) is 0 Å². The van der Waals surface area contributed by atoms with Crippen LogP contribution in [-0.4, -0.2) is 99.3 Å². The van der Waals surface area contributed by atoms with Crippen molar-refractivity contribution in [3.8, 4) is 0 Å². The monoisotopic (exact) mass is 572 g/mol. The lowest BCUT2D eigenvalue weighted by atomic mass is 9.57. The van der Waals surface area contributed by atoms with Crippen LogP contribution in [0.4, 0.5) is 5.69 Å². The summed E-state index contributed by atoms with van der Waals surface area (Å²) in [5, 5.41) is 43.5. The van der Waals surface area contributed by atoms with E-state index in [-0.39, 0.29) is 40.5 Å². The van der Waals surface area contributed by atoms with Crippen molar-refractivity contribution in [2.45, 2.75) is 29.7 Å². The van der Waals surface area contributed by atoms with E-state index in [1.807, 2.05) is 0 Å². The molecule has 0 bridgehead atoms. The molecule has 0 saturated heterocycles. The number of anilines is 1. The molecular formula is C26H28N4O9S. The number of rotatable bonds is 6. The maximum atomic E-state index is 14.1. The molecule has 6 N–H and O–H groups in total. The average molecular weight is 573 g/mol. The molecule has 2 aromatic rings. The number of aliphatic hydroxyl groups excluding tert-OH is 2. The number of aliphatic carboxylic acids is 1. The molecule has 0 aliphatic heterocycles. The van der Waals surface area contributed by atoms with Crippen molar-refractivity contribution < 1.29 is 44.0 Å². The zero-order valence-electron chi connectivity index (χ0n) is 22.1. The number of likely N-dealkylation sites (N-methyl/N-ethyl adjacent to an activating group) is 1. The first-order valence-corrected chi connectivity index (χ1v) is 13.3. The molecule has 3 aliphatic rings. The maximum absolute atomic E-state index is 14.1. The molecule has 14 heteroatoms. The number of nitrogens with two attached hydrogens (primary N) is 1. The van der Waals surface area contributed by atoms with Gasteiger partial charge in [-0.3, -0.25) is 24.1 Å². The standard InChI is InChI=1S/C26H28N4O9S/c1-29(2)13-7-12-21(39-25(28-12)40-8-14(31)32)16-10(13)5-9-6-11-18(30(3)4)20(34)17(24(27)37)23(36)26(11,38)22(35)15(9)19(16)33/h7,9,11,18,33,36,38H,5-6,8H2,1-4H3,(H2,27,37)(H,31,32)/t9-,11-,18-,26-/m0/s1. The number of nitrogens with zero attached hydrogens (tertiary/aromatic N) is 3. The molecule has 1 heterocycles. The minimum absolute atomic E-state index is 0.0206. The summed E-state index contributed by atoms with van der Waals surface area (Å²) in [5.41, 5.74) is 3.56. The Morgan fingerprint density at radius 2 is 1.90 bits per heavy atom. The number of Topliss-reactive ketones (excluding diaryl/α,β-unsaturated/α-hetero) is 2. The Bertz CT molecular complexity index is 1570. The number of benzene rings is 1. The van der Waals surface area contributed by atoms with Gasteiger partial charge in [-0.05, 0) is 44.5 Å². The molecular weight excluding hydrogens is 544 g/mol. The van der Waals surface area contributed by atoms with Gasteiger partial charge in [0.15, 0.2) is 17.0 Å². The molecule has 1 saturated carbocycles. The van der Waals surface area contributed by atoms with E-state index in [1.54, 1.807) is 39.2 Å². The average Bonchev–Trinajstić information content (AvgIpc) is 3.26. The second kappa shape index (κ2) is 9.35. The van der Waals surface area contributed by atoms with Crippen molar-refractivity contribution in [2.24, 2.45) is 17.6 Å². The number of amides is 1. The first-order valence-electron chi connectivity index (χ1n) is 12.3. The highest BCUT2D eigenvalue weighted by Crippen LogP contribution is 2.53. The molecule has 5 rings (SSSR count). The smallest absolute Gasteiger partial charge is 0.314 e. The van der Waals surface area contributed by atoms with E-state index in [0.717, 1.165) is 11.8 Å².